The van der Waals surface area contributed by atoms with E-state index in [0.717, 1.165) is 19.5 Å². The molecule has 2 amide bonds. The van der Waals surface area contributed by atoms with Crippen LogP contribution in [0.2, 0.25) is 5.02 Å². The average molecular weight is 553 g/mol. The Balaban J connectivity index is 1.62. The number of nitrogens with zero attached hydrogens (tertiary/aromatic N) is 1. The molecule has 0 aliphatic carbocycles. The van der Waals surface area contributed by atoms with E-state index in [2.05, 4.69) is 42.2 Å². The number of rotatable bonds is 8. The predicted octanol–water partition coefficient (Wildman–Crippen LogP) is 2.63. The van der Waals surface area contributed by atoms with E-state index in [-0.39, 0.29) is 20.8 Å². The lowest BCUT2D eigenvalue weighted by atomic mass is 10.0. The van der Waals surface area contributed by atoms with E-state index in [0.29, 0.717) is 17.2 Å². The molecule has 1 aliphatic heterocycles. The molecule has 180 valence electrons. The van der Waals surface area contributed by atoms with Crippen LogP contribution in [0.15, 0.2) is 45.9 Å². The van der Waals surface area contributed by atoms with Gasteiger partial charge in [0.2, 0.25) is 5.91 Å². The standard InChI is InChI=1S/C22H23BrClN5O5/c23-16-9-13(24)8-15(20(16)33)17(10-19(31)32)29-18(30)11-27-21(34)12-3-1-4-14(7-12)28-22-25-5-2-6-26-22/h1,3-4,7-9,17,33H,2,5-6,10-11H2,(H,27,34)(H,29,30)(H,31,32)(H2,25,26,28). The topological polar surface area (TPSA) is 152 Å². The van der Waals surface area contributed by atoms with Crippen molar-refractivity contribution >= 4 is 57.0 Å². The second-order valence-electron chi connectivity index (χ2n) is 7.44. The molecule has 0 saturated heterocycles. The first kappa shape index (κ1) is 25.3. The molecule has 12 heteroatoms. The van der Waals surface area contributed by atoms with Crippen molar-refractivity contribution in [3.63, 3.8) is 0 Å². The fourth-order valence-corrected chi connectivity index (χ4v) is 4.10. The van der Waals surface area contributed by atoms with E-state index in [4.69, 9.17) is 11.6 Å². The van der Waals surface area contributed by atoms with Crippen LogP contribution in [0.1, 0.15) is 34.8 Å². The second-order valence-corrected chi connectivity index (χ2v) is 8.73. The molecule has 2 aromatic carbocycles. The number of carbonyl (C=O) groups is 3. The van der Waals surface area contributed by atoms with Gasteiger partial charge in [0.05, 0.1) is 23.5 Å². The minimum Gasteiger partial charge on any atom is -0.506 e. The minimum absolute atomic E-state index is 0.138. The maximum atomic E-state index is 12.5. The van der Waals surface area contributed by atoms with Gasteiger partial charge in [-0.1, -0.05) is 17.7 Å². The van der Waals surface area contributed by atoms with Gasteiger partial charge in [0.15, 0.2) is 5.96 Å². The molecule has 1 aliphatic rings. The number of carboxylic acids is 1. The van der Waals surface area contributed by atoms with Crippen molar-refractivity contribution in [1.82, 2.24) is 16.0 Å². The van der Waals surface area contributed by atoms with Gasteiger partial charge in [-0.25, -0.2) is 0 Å². The van der Waals surface area contributed by atoms with Gasteiger partial charge in [0.1, 0.15) is 5.75 Å². The molecule has 2 aromatic rings. The fourth-order valence-electron chi connectivity index (χ4n) is 3.26. The van der Waals surface area contributed by atoms with Crippen LogP contribution in [-0.4, -0.2) is 53.6 Å². The van der Waals surface area contributed by atoms with Gasteiger partial charge in [0, 0.05) is 34.9 Å². The molecule has 3 rings (SSSR count). The fraction of sp³-hybridized carbons (Fsp3) is 0.273. The van der Waals surface area contributed by atoms with Gasteiger partial charge in [-0.05, 0) is 52.7 Å². The molecule has 10 nitrogen and oxygen atoms in total. The van der Waals surface area contributed by atoms with E-state index in [9.17, 15) is 24.6 Å². The minimum atomic E-state index is -1.19. The number of halogens is 2. The number of hydrogen-bond acceptors (Lipinski definition) is 7. The highest BCUT2D eigenvalue weighted by molar-refractivity contribution is 9.10. The van der Waals surface area contributed by atoms with Crippen LogP contribution in [-0.2, 0) is 9.59 Å². The number of aromatic hydroxyl groups is 1. The monoisotopic (exact) mass is 551 g/mol. The van der Waals surface area contributed by atoms with Crippen LogP contribution >= 0.6 is 27.5 Å². The van der Waals surface area contributed by atoms with Gasteiger partial charge in [0.25, 0.3) is 5.91 Å². The highest BCUT2D eigenvalue weighted by atomic mass is 79.9. The van der Waals surface area contributed by atoms with Crippen molar-refractivity contribution < 1.29 is 24.6 Å². The molecule has 1 atom stereocenters. The summed E-state index contributed by atoms with van der Waals surface area (Å²) < 4.78 is 0.260. The molecule has 0 bridgehead atoms. The van der Waals surface area contributed by atoms with Crippen molar-refractivity contribution in [3.8, 4) is 5.75 Å². The Morgan fingerprint density at radius 2 is 2.03 bits per heavy atom. The number of aliphatic imine (C=N–C) groups is 1. The van der Waals surface area contributed by atoms with Gasteiger partial charge in [-0.2, -0.15) is 0 Å². The van der Waals surface area contributed by atoms with Gasteiger partial charge in [-0.15, -0.1) is 0 Å². The number of anilines is 1. The summed E-state index contributed by atoms with van der Waals surface area (Å²) in [6.45, 7) is 1.13. The number of guanidine groups is 1. The molecular formula is C22H23BrClN5O5. The van der Waals surface area contributed by atoms with Crippen LogP contribution < -0.4 is 21.3 Å². The average Bonchev–Trinajstić information content (AvgIpc) is 2.80. The van der Waals surface area contributed by atoms with E-state index in [1.807, 2.05) is 0 Å². The number of hydrogen-bond donors (Lipinski definition) is 6. The smallest absolute Gasteiger partial charge is 0.305 e. The molecule has 0 aromatic heterocycles. The van der Waals surface area contributed by atoms with Crippen LogP contribution in [0, 0.1) is 0 Å². The summed E-state index contributed by atoms with van der Waals surface area (Å²) in [7, 11) is 0. The SMILES string of the molecule is O=C(O)CC(NC(=O)CNC(=O)c1cccc(NC2=NCCCN2)c1)c1cc(Cl)cc(Br)c1O. The lowest BCUT2D eigenvalue weighted by Gasteiger charge is -2.20. The lowest BCUT2D eigenvalue weighted by molar-refractivity contribution is -0.137. The molecular weight excluding hydrogens is 530 g/mol. The molecule has 1 unspecified atom stereocenters. The highest BCUT2D eigenvalue weighted by Crippen LogP contribution is 2.36. The molecule has 0 spiro atoms. The first-order chi connectivity index (χ1) is 16.2. The van der Waals surface area contributed by atoms with E-state index >= 15 is 0 Å². The van der Waals surface area contributed by atoms with Gasteiger partial charge >= 0.3 is 5.97 Å². The quantitative estimate of drug-likeness (QED) is 0.294. The summed E-state index contributed by atoms with van der Waals surface area (Å²) in [6, 6.07) is 8.47. The number of carboxylic acid groups (broad SMARTS) is 1. The zero-order valence-electron chi connectivity index (χ0n) is 17.9. The summed E-state index contributed by atoms with van der Waals surface area (Å²) >= 11 is 9.15. The lowest BCUT2D eigenvalue weighted by Crippen LogP contribution is -2.39. The first-order valence-corrected chi connectivity index (χ1v) is 11.5. The highest BCUT2D eigenvalue weighted by Gasteiger charge is 2.23. The molecule has 6 N–H and O–H groups in total. The Morgan fingerprint density at radius 3 is 2.74 bits per heavy atom. The summed E-state index contributed by atoms with van der Waals surface area (Å²) in [4.78, 5) is 40.6. The summed E-state index contributed by atoms with van der Waals surface area (Å²) in [6.07, 6.45) is 0.461. The Labute approximate surface area is 208 Å². The van der Waals surface area contributed by atoms with Crippen molar-refractivity contribution in [3.05, 3.63) is 57.0 Å². The maximum absolute atomic E-state index is 12.5. The predicted molar refractivity (Wildman–Crippen MR) is 131 cm³/mol. The van der Waals surface area contributed by atoms with Crippen LogP contribution in [0.3, 0.4) is 0 Å². The van der Waals surface area contributed by atoms with Gasteiger partial charge < -0.3 is 31.5 Å². The van der Waals surface area contributed by atoms with Gasteiger partial charge in [-0.3, -0.25) is 19.4 Å². The zero-order chi connectivity index (χ0) is 24.7. The van der Waals surface area contributed by atoms with Crippen LogP contribution in [0.5, 0.6) is 5.75 Å². The van der Waals surface area contributed by atoms with Crippen molar-refractivity contribution in [1.29, 1.82) is 0 Å². The Hall–Kier alpha value is -3.31. The van der Waals surface area contributed by atoms with Crippen molar-refractivity contribution in [2.24, 2.45) is 4.99 Å². The number of amides is 2. The molecule has 0 saturated carbocycles. The Morgan fingerprint density at radius 1 is 1.24 bits per heavy atom. The third-order valence-corrected chi connectivity index (χ3v) is 5.66. The third-order valence-electron chi connectivity index (χ3n) is 4.84. The third kappa shape index (κ3) is 7.09. The number of phenols is 1. The first-order valence-electron chi connectivity index (χ1n) is 10.4. The molecule has 34 heavy (non-hydrogen) atoms. The number of aliphatic carboxylic acids is 1. The Kier molecular flexibility index (Phi) is 8.72. The summed E-state index contributed by atoms with van der Waals surface area (Å²) in [5.41, 5.74) is 1.13. The van der Waals surface area contributed by atoms with E-state index < -0.39 is 36.8 Å². The van der Waals surface area contributed by atoms with E-state index in [1.165, 1.54) is 12.1 Å². The Bertz CT molecular complexity index is 1130. The van der Waals surface area contributed by atoms with Crippen molar-refractivity contribution in [2.75, 3.05) is 25.0 Å². The van der Waals surface area contributed by atoms with E-state index in [1.54, 1.807) is 24.3 Å². The summed E-state index contributed by atoms with van der Waals surface area (Å²) in [5.74, 6) is -1.92. The number of carbonyl (C=O) groups excluding carboxylic acids is 2. The number of nitrogens with one attached hydrogen (secondary N) is 4. The largest absolute Gasteiger partial charge is 0.506 e. The maximum Gasteiger partial charge on any atom is 0.305 e. The van der Waals surface area contributed by atoms with Crippen LogP contribution in [0.4, 0.5) is 5.69 Å². The van der Waals surface area contributed by atoms with Crippen LogP contribution in [0.25, 0.3) is 0 Å². The molecule has 0 radical (unpaired) electrons. The van der Waals surface area contributed by atoms with Crippen molar-refractivity contribution in [2.45, 2.75) is 18.9 Å². The normalized spacial score (nSPS) is 13.8. The number of phenolic OH excluding ortho intramolecular Hbond substituents is 1. The number of benzene rings is 2. The second kappa shape index (κ2) is 11.7. The molecule has 1 heterocycles. The molecule has 0 fully saturated rings. The zero-order valence-corrected chi connectivity index (χ0v) is 20.2. The summed E-state index contributed by atoms with van der Waals surface area (Å²) in [5, 5.41) is 31.0.